The van der Waals surface area contributed by atoms with Crippen LogP contribution in [0.5, 0.6) is 0 Å². The Morgan fingerprint density at radius 2 is 1.85 bits per heavy atom. The average molecular weight is 535 g/mol. The molecule has 6 aliphatic rings. The molecule has 1 aliphatic carbocycles. The maximum atomic E-state index is 12.1. The van der Waals surface area contributed by atoms with Crippen LogP contribution in [0.4, 0.5) is 0 Å². The van der Waals surface area contributed by atoms with Crippen molar-refractivity contribution in [3.63, 3.8) is 0 Å². The highest BCUT2D eigenvalue weighted by molar-refractivity contribution is 6.21. The van der Waals surface area contributed by atoms with Gasteiger partial charge in [0, 0.05) is 46.9 Å². The van der Waals surface area contributed by atoms with E-state index in [1.54, 1.807) is 0 Å². The molecular formula is C33H34N4O3. The molecule has 0 saturated carbocycles. The van der Waals surface area contributed by atoms with Gasteiger partial charge in [-0.15, -0.1) is 0 Å². The number of carbonyl (C=O) groups is 1. The summed E-state index contributed by atoms with van der Waals surface area (Å²) < 4.78 is 4.93. The first kappa shape index (κ1) is 26.0. The van der Waals surface area contributed by atoms with E-state index in [1.165, 1.54) is 12.7 Å². The number of esters is 1. The van der Waals surface area contributed by atoms with Crippen LogP contribution < -0.4 is 5.32 Å². The number of aliphatic hydroxyl groups is 1. The normalized spacial score (nSPS) is 23.4. The van der Waals surface area contributed by atoms with E-state index in [1.807, 2.05) is 19.1 Å². The Kier molecular flexibility index (Phi) is 6.32. The maximum absolute atomic E-state index is 12.1. The van der Waals surface area contributed by atoms with E-state index in [-0.39, 0.29) is 11.9 Å². The summed E-state index contributed by atoms with van der Waals surface area (Å²) in [5.41, 5.74) is 14.3. The van der Waals surface area contributed by atoms with Gasteiger partial charge in [-0.1, -0.05) is 19.6 Å². The zero-order valence-corrected chi connectivity index (χ0v) is 23.7. The second-order valence-corrected chi connectivity index (χ2v) is 10.9. The zero-order valence-electron chi connectivity index (χ0n) is 23.7. The van der Waals surface area contributed by atoms with Gasteiger partial charge < -0.3 is 15.2 Å². The number of rotatable bonds is 5. The Bertz CT molecular complexity index is 1640. The highest BCUT2D eigenvalue weighted by Gasteiger charge is 2.38. The van der Waals surface area contributed by atoms with Crippen molar-refractivity contribution in [2.24, 2.45) is 20.9 Å². The van der Waals surface area contributed by atoms with Crippen molar-refractivity contribution in [1.29, 1.82) is 0 Å². The first-order chi connectivity index (χ1) is 19.2. The number of carbonyl (C=O) groups excluding carboxylic acids is 1. The summed E-state index contributed by atoms with van der Waals surface area (Å²) in [4.78, 5) is 27.2. The summed E-state index contributed by atoms with van der Waals surface area (Å²) in [6.07, 6.45) is 11.0. The zero-order chi connectivity index (χ0) is 28.3. The lowest BCUT2D eigenvalue weighted by Gasteiger charge is -2.14. The highest BCUT2D eigenvalue weighted by Crippen LogP contribution is 2.45. The average Bonchev–Trinajstić information content (AvgIpc) is 3.70. The number of hydrogen-bond donors (Lipinski definition) is 2. The first-order valence-corrected chi connectivity index (χ1v) is 13.9. The summed E-state index contributed by atoms with van der Waals surface area (Å²) in [7, 11) is 1.42. The molecule has 40 heavy (non-hydrogen) atoms. The van der Waals surface area contributed by atoms with Crippen LogP contribution in [0.1, 0.15) is 59.8 Å². The van der Waals surface area contributed by atoms with Gasteiger partial charge in [0.2, 0.25) is 0 Å². The first-order valence-electron chi connectivity index (χ1n) is 13.9. The van der Waals surface area contributed by atoms with Crippen molar-refractivity contribution >= 4 is 23.1 Å². The fraction of sp³-hybridized carbons (Fsp3) is 0.333. The number of nitrogens with zero attached hydrogens (tertiary/aromatic N) is 3. The second-order valence-electron chi connectivity index (χ2n) is 10.9. The molecule has 204 valence electrons. The molecule has 6 rings (SSSR count). The third-order valence-electron chi connectivity index (χ3n) is 8.67. The number of hydrogen-bond acceptors (Lipinski definition) is 7. The van der Waals surface area contributed by atoms with Gasteiger partial charge in [0.1, 0.15) is 5.76 Å². The Morgan fingerprint density at radius 1 is 1.10 bits per heavy atom. The third-order valence-corrected chi connectivity index (χ3v) is 8.67. The van der Waals surface area contributed by atoms with Gasteiger partial charge in [0.25, 0.3) is 0 Å². The molecule has 7 nitrogen and oxygen atoms in total. The molecular weight excluding hydrogens is 500 g/mol. The Hall–Kier alpha value is -4.26. The van der Waals surface area contributed by atoms with Crippen LogP contribution in [0.3, 0.4) is 0 Å². The van der Waals surface area contributed by atoms with Crippen molar-refractivity contribution < 1.29 is 14.6 Å². The van der Waals surface area contributed by atoms with Crippen LogP contribution in [0.2, 0.25) is 0 Å². The van der Waals surface area contributed by atoms with Crippen molar-refractivity contribution in [2.75, 3.05) is 7.11 Å². The number of aliphatic imine (C=N–C) groups is 3. The molecule has 0 aromatic rings. The van der Waals surface area contributed by atoms with Crippen LogP contribution in [-0.2, 0) is 9.53 Å². The van der Waals surface area contributed by atoms with Crippen molar-refractivity contribution in [2.45, 2.75) is 59.8 Å². The van der Waals surface area contributed by atoms with E-state index in [9.17, 15) is 9.90 Å². The van der Waals surface area contributed by atoms with Gasteiger partial charge in [-0.05, 0) is 80.6 Å². The largest absolute Gasteiger partial charge is 0.511 e. The fourth-order valence-corrected chi connectivity index (χ4v) is 6.46. The predicted octanol–water partition coefficient (Wildman–Crippen LogP) is 6.55. The molecule has 0 aromatic heterocycles. The number of ether oxygens (including phenoxy) is 1. The summed E-state index contributed by atoms with van der Waals surface area (Å²) >= 11 is 0. The second kappa shape index (κ2) is 9.73. The lowest BCUT2D eigenvalue weighted by atomic mass is 9.93. The molecule has 2 N–H and O–H groups in total. The van der Waals surface area contributed by atoms with E-state index >= 15 is 0 Å². The Balaban J connectivity index is 1.57. The summed E-state index contributed by atoms with van der Waals surface area (Å²) in [6.45, 7) is 12.4. The standard InChI is InChI=1S/C33H34N4O3/c1-7-21-16(3)24-12-20-11-19(9-10-30(39)40-6)32(34-20)23-13-29(38)31-18(5)26(37-33(23)31)15-28-22(8-2)17(4)25(36-28)14-27(21)35-24/h7,12,14-15,19,34,38H,1,8-11,13H2,2-6H3/t19-/m0/s1. The van der Waals surface area contributed by atoms with Gasteiger partial charge >= 0.3 is 5.97 Å². The van der Waals surface area contributed by atoms with Crippen LogP contribution in [0.25, 0.3) is 0 Å². The topological polar surface area (TPSA) is 95.6 Å². The van der Waals surface area contributed by atoms with Gasteiger partial charge in [-0.2, -0.15) is 0 Å². The van der Waals surface area contributed by atoms with Crippen molar-refractivity contribution in [1.82, 2.24) is 5.32 Å². The lowest BCUT2D eigenvalue weighted by molar-refractivity contribution is -0.140. The molecule has 1 saturated heterocycles. The monoisotopic (exact) mass is 534 g/mol. The Morgan fingerprint density at radius 3 is 2.58 bits per heavy atom. The molecule has 0 unspecified atom stereocenters. The third kappa shape index (κ3) is 4.03. The molecule has 7 heteroatoms. The Labute approximate surface area is 234 Å². The minimum absolute atomic E-state index is 0.0626. The van der Waals surface area contributed by atoms with E-state index in [2.05, 4.69) is 44.8 Å². The summed E-state index contributed by atoms with van der Waals surface area (Å²) in [6, 6.07) is 0. The molecule has 0 amide bonds. The molecule has 0 aromatic carbocycles. The number of methoxy groups -OCH3 is 1. The van der Waals surface area contributed by atoms with E-state index in [0.717, 1.165) is 91.9 Å². The van der Waals surface area contributed by atoms with E-state index in [0.29, 0.717) is 25.0 Å². The van der Waals surface area contributed by atoms with Gasteiger partial charge in [0.15, 0.2) is 0 Å². The summed E-state index contributed by atoms with van der Waals surface area (Å²) in [5.74, 6) is 0.167. The van der Waals surface area contributed by atoms with E-state index < -0.39 is 0 Å². The van der Waals surface area contributed by atoms with Gasteiger partial charge in [-0.3, -0.25) is 4.79 Å². The van der Waals surface area contributed by atoms with Crippen LogP contribution in [0.15, 0.2) is 119 Å². The molecule has 8 bridgehead atoms. The number of nitrogens with one attached hydrogen (secondary N) is 1. The number of aliphatic hydroxyl groups excluding tert-OH is 1. The van der Waals surface area contributed by atoms with E-state index in [4.69, 9.17) is 19.7 Å². The van der Waals surface area contributed by atoms with Crippen molar-refractivity contribution in [3.8, 4) is 0 Å². The summed E-state index contributed by atoms with van der Waals surface area (Å²) in [5, 5.41) is 14.8. The quantitative estimate of drug-likeness (QED) is 0.391. The predicted molar refractivity (Wildman–Crippen MR) is 159 cm³/mol. The number of fused-ring (bicyclic) bond motifs is 5. The smallest absolute Gasteiger partial charge is 0.305 e. The minimum atomic E-state index is -0.228. The van der Waals surface area contributed by atoms with Crippen LogP contribution in [-0.4, -0.2) is 35.3 Å². The number of allylic oxidation sites excluding steroid dienone is 12. The minimum Gasteiger partial charge on any atom is -0.511 e. The lowest BCUT2D eigenvalue weighted by Crippen LogP contribution is -2.15. The highest BCUT2D eigenvalue weighted by atomic mass is 16.5. The molecule has 1 fully saturated rings. The fourth-order valence-electron chi connectivity index (χ4n) is 6.46. The molecule has 0 radical (unpaired) electrons. The molecule has 5 aliphatic heterocycles. The molecule has 0 spiro atoms. The van der Waals surface area contributed by atoms with Crippen LogP contribution in [0, 0.1) is 5.92 Å². The molecule has 1 atom stereocenters. The van der Waals surface area contributed by atoms with Crippen LogP contribution >= 0.6 is 0 Å². The van der Waals surface area contributed by atoms with Gasteiger partial charge in [-0.25, -0.2) is 15.0 Å². The maximum Gasteiger partial charge on any atom is 0.305 e. The van der Waals surface area contributed by atoms with Gasteiger partial charge in [0.05, 0.1) is 41.3 Å². The molecule has 5 heterocycles. The van der Waals surface area contributed by atoms with Crippen molar-refractivity contribution in [3.05, 3.63) is 104 Å². The SMILES string of the molecule is C=CC1=C(C)C2=NC1=CC1=NC(=CC3=C(C)C4=C(O)CC(=C5NC(=C2)C[C@@H]5CCC(=O)OC)C4=N3)C(CC)=C1C.